The summed E-state index contributed by atoms with van der Waals surface area (Å²) in [5, 5.41) is 2.72. The summed E-state index contributed by atoms with van der Waals surface area (Å²) in [6, 6.07) is 0.0442. The Hall–Kier alpha value is -0.570. The SMILES string of the molecule is CC(N)CNC(=O)C(C)C. The molecule has 0 aromatic heterocycles. The molecule has 1 atom stereocenters. The van der Waals surface area contributed by atoms with Gasteiger partial charge in [-0.25, -0.2) is 0 Å². The molecule has 60 valence electrons. The topological polar surface area (TPSA) is 55.1 Å². The molecule has 0 bridgehead atoms. The van der Waals surface area contributed by atoms with E-state index in [2.05, 4.69) is 5.32 Å². The van der Waals surface area contributed by atoms with Crippen molar-refractivity contribution in [3.05, 3.63) is 0 Å². The van der Waals surface area contributed by atoms with Crippen LogP contribution in [0.5, 0.6) is 0 Å². The quantitative estimate of drug-likeness (QED) is 0.590. The van der Waals surface area contributed by atoms with E-state index in [1.165, 1.54) is 0 Å². The maximum Gasteiger partial charge on any atom is 0.222 e. The van der Waals surface area contributed by atoms with E-state index in [9.17, 15) is 4.79 Å². The summed E-state index contributed by atoms with van der Waals surface area (Å²) < 4.78 is 0. The van der Waals surface area contributed by atoms with Crippen molar-refractivity contribution in [2.75, 3.05) is 6.54 Å². The molecule has 1 amide bonds. The van der Waals surface area contributed by atoms with Gasteiger partial charge >= 0.3 is 0 Å². The van der Waals surface area contributed by atoms with Crippen molar-refractivity contribution >= 4 is 5.91 Å². The molecule has 1 unspecified atom stereocenters. The van der Waals surface area contributed by atoms with Gasteiger partial charge in [0.2, 0.25) is 5.91 Å². The molecule has 0 fully saturated rings. The van der Waals surface area contributed by atoms with Crippen LogP contribution >= 0.6 is 0 Å². The van der Waals surface area contributed by atoms with Crippen molar-refractivity contribution in [3.63, 3.8) is 0 Å². The fraction of sp³-hybridized carbons (Fsp3) is 0.857. The second-order valence-corrected chi connectivity index (χ2v) is 2.88. The highest BCUT2D eigenvalue weighted by Crippen LogP contribution is 1.89. The molecule has 0 radical (unpaired) electrons. The summed E-state index contributed by atoms with van der Waals surface area (Å²) in [6.07, 6.45) is 0. The monoisotopic (exact) mass is 144 g/mol. The Morgan fingerprint density at radius 3 is 2.30 bits per heavy atom. The first-order valence-corrected chi connectivity index (χ1v) is 3.57. The maximum atomic E-state index is 10.9. The molecule has 3 N–H and O–H groups in total. The van der Waals surface area contributed by atoms with E-state index in [1.807, 2.05) is 20.8 Å². The van der Waals surface area contributed by atoms with Gasteiger partial charge in [-0.05, 0) is 6.92 Å². The molecule has 0 aliphatic heterocycles. The number of hydrogen-bond donors (Lipinski definition) is 2. The van der Waals surface area contributed by atoms with Gasteiger partial charge in [0.05, 0.1) is 0 Å². The number of carbonyl (C=O) groups excluding carboxylic acids is 1. The highest BCUT2D eigenvalue weighted by molar-refractivity contribution is 5.77. The Balaban J connectivity index is 3.40. The normalized spacial score (nSPS) is 13.3. The number of amides is 1. The molecule has 10 heavy (non-hydrogen) atoms. The van der Waals surface area contributed by atoms with Crippen LogP contribution in [0.3, 0.4) is 0 Å². The summed E-state index contributed by atoms with van der Waals surface area (Å²) in [6.45, 7) is 6.14. The van der Waals surface area contributed by atoms with Gasteiger partial charge in [-0.15, -0.1) is 0 Å². The van der Waals surface area contributed by atoms with Gasteiger partial charge in [0.1, 0.15) is 0 Å². The smallest absolute Gasteiger partial charge is 0.222 e. The Kier molecular flexibility index (Phi) is 4.03. The molecular weight excluding hydrogens is 128 g/mol. The number of rotatable bonds is 3. The van der Waals surface area contributed by atoms with E-state index >= 15 is 0 Å². The van der Waals surface area contributed by atoms with E-state index in [0.29, 0.717) is 6.54 Å². The molecule has 0 aliphatic rings. The fourth-order valence-corrected chi connectivity index (χ4v) is 0.466. The van der Waals surface area contributed by atoms with Crippen LogP contribution in [0.15, 0.2) is 0 Å². The number of nitrogens with one attached hydrogen (secondary N) is 1. The van der Waals surface area contributed by atoms with E-state index < -0.39 is 0 Å². The molecule has 0 saturated carbocycles. The Labute approximate surface area is 62.0 Å². The molecule has 0 heterocycles. The maximum absolute atomic E-state index is 10.9. The Bertz CT molecular complexity index is 110. The van der Waals surface area contributed by atoms with E-state index in [0.717, 1.165) is 0 Å². The van der Waals surface area contributed by atoms with Crippen LogP contribution in [-0.4, -0.2) is 18.5 Å². The predicted octanol–water partition coefficient (Wildman–Crippen LogP) is 0.106. The molecule has 3 heteroatoms. The average molecular weight is 144 g/mol. The zero-order valence-corrected chi connectivity index (χ0v) is 6.85. The third-order valence-corrected chi connectivity index (χ3v) is 1.12. The average Bonchev–Trinajstić information content (AvgIpc) is 1.82. The van der Waals surface area contributed by atoms with Crippen LogP contribution in [0.1, 0.15) is 20.8 Å². The van der Waals surface area contributed by atoms with Gasteiger partial charge in [0, 0.05) is 18.5 Å². The van der Waals surface area contributed by atoms with Crippen LogP contribution in [-0.2, 0) is 4.79 Å². The molecule has 0 aromatic carbocycles. The summed E-state index contributed by atoms with van der Waals surface area (Å²) in [4.78, 5) is 10.9. The van der Waals surface area contributed by atoms with Crippen LogP contribution < -0.4 is 11.1 Å². The van der Waals surface area contributed by atoms with Crippen molar-refractivity contribution in [3.8, 4) is 0 Å². The minimum absolute atomic E-state index is 0.0442. The van der Waals surface area contributed by atoms with Crippen LogP contribution in [0.4, 0.5) is 0 Å². The highest BCUT2D eigenvalue weighted by atomic mass is 16.1. The zero-order chi connectivity index (χ0) is 8.15. The number of hydrogen-bond acceptors (Lipinski definition) is 2. The fourth-order valence-electron chi connectivity index (χ4n) is 0.466. The van der Waals surface area contributed by atoms with Gasteiger partial charge in [-0.2, -0.15) is 0 Å². The first-order valence-electron chi connectivity index (χ1n) is 3.57. The second kappa shape index (κ2) is 4.28. The second-order valence-electron chi connectivity index (χ2n) is 2.88. The van der Waals surface area contributed by atoms with E-state index in [1.54, 1.807) is 0 Å². The molecule has 0 aromatic rings. The van der Waals surface area contributed by atoms with Crippen LogP contribution in [0.25, 0.3) is 0 Å². The van der Waals surface area contributed by atoms with E-state index in [4.69, 9.17) is 5.73 Å². The lowest BCUT2D eigenvalue weighted by Crippen LogP contribution is -2.37. The van der Waals surface area contributed by atoms with Gasteiger partial charge in [0.15, 0.2) is 0 Å². The lowest BCUT2D eigenvalue weighted by atomic mass is 10.2. The third-order valence-electron chi connectivity index (χ3n) is 1.12. The molecule has 0 spiro atoms. The molecule has 0 rings (SSSR count). The molecule has 0 aliphatic carbocycles. The standard InChI is InChI=1S/C7H16N2O/c1-5(2)7(10)9-4-6(3)8/h5-6H,4,8H2,1-3H3,(H,9,10). The zero-order valence-electron chi connectivity index (χ0n) is 6.85. The lowest BCUT2D eigenvalue weighted by Gasteiger charge is -2.08. The van der Waals surface area contributed by atoms with Crippen molar-refractivity contribution in [2.24, 2.45) is 11.7 Å². The third kappa shape index (κ3) is 4.32. The van der Waals surface area contributed by atoms with Crippen molar-refractivity contribution in [2.45, 2.75) is 26.8 Å². The van der Waals surface area contributed by atoms with Crippen molar-refractivity contribution < 1.29 is 4.79 Å². The van der Waals surface area contributed by atoms with Crippen LogP contribution in [0.2, 0.25) is 0 Å². The minimum Gasteiger partial charge on any atom is -0.354 e. The molecule has 3 nitrogen and oxygen atoms in total. The van der Waals surface area contributed by atoms with Crippen molar-refractivity contribution in [1.82, 2.24) is 5.32 Å². The summed E-state index contributed by atoms with van der Waals surface area (Å²) in [5.74, 6) is 0.121. The summed E-state index contributed by atoms with van der Waals surface area (Å²) in [7, 11) is 0. The predicted molar refractivity (Wildman–Crippen MR) is 41.5 cm³/mol. The largest absolute Gasteiger partial charge is 0.354 e. The first-order chi connectivity index (χ1) is 4.54. The molecule has 0 saturated heterocycles. The summed E-state index contributed by atoms with van der Waals surface area (Å²) >= 11 is 0. The van der Waals surface area contributed by atoms with E-state index in [-0.39, 0.29) is 17.9 Å². The highest BCUT2D eigenvalue weighted by Gasteiger charge is 2.05. The molecular formula is C7H16N2O. The number of carbonyl (C=O) groups is 1. The van der Waals surface area contributed by atoms with Crippen LogP contribution in [0, 0.1) is 5.92 Å². The Morgan fingerprint density at radius 2 is 2.00 bits per heavy atom. The summed E-state index contributed by atoms with van der Waals surface area (Å²) in [5.41, 5.74) is 5.43. The van der Waals surface area contributed by atoms with Gasteiger partial charge in [-0.3, -0.25) is 4.79 Å². The van der Waals surface area contributed by atoms with Crippen molar-refractivity contribution in [1.29, 1.82) is 0 Å². The van der Waals surface area contributed by atoms with Gasteiger partial charge < -0.3 is 11.1 Å². The van der Waals surface area contributed by atoms with Gasteiger partial charge in [-0.1, -0.05) is 13.8 Å². The first kappa shape index (κ1) is 9.43. The van der Waals surface area contributed by atoms with Gasteiger partial charge in [0.25, 0.3) is 0 Å². The number of nitrogens with two attached hydrogens (primary N) is 1. The minimum atomic E-state index is 0.0442. The lowest BCUT2D eigenvalue weighted by molar-refractivity contribution is -0.124. The Morgan fingerprint density at radius 1 is 1.50 bits per heavy atom.